The molecule has 3 aliphatic rings. The fourth-order valence-corrected chi connectivity index (χ4v) is 6.60. The number of cyclic esters (lactones) is 1. The molecule has 3 aliphatic heterocycles. The van der Waals surface area contributed by atoms with Crippen LogP contribution in [0.2, 0.25) is 0 Å². The van der Waals surface area contributed by atoms with Crippen LogP contribution in [-0.2, 0) is 76.2 Å². The van der Waals surface area contributed by atoms with E-state index in [4.69, 9.17) is 42.1 Å². The molecular formula is C31H38O17S. The lowest BCUT2D eigenvalue weighted by atomic mass is 9.78. The molecule has 270 valence electrons. The maximum Gasteiger partial charge on any atom is 0.337 e. The van der Waals surface area contributed by atoms with Gasteiger partial charge in [-0.2, -0.15) is 8.42 Å². The number of esters is 5. The molecule has 0 saturated carbocycles. The zero-order valence-corrected chi connectivity index (χ0v) is 28.1. The normalized spacial score (nSPS) is 28.8. The molecule has 18 heteroatoms. The molecule has 0 unspecified atom stereocenters. The molecule has 0 spiro atoms. The molecule has 1 aromatic carbocycles. The second kappa shape index (κ2) is 16.1. The number of fused-ring (bicyclic) bond motifs is 1. The number of carbonyl (C=O) groups is 5. The summed E-state index contributed by atoms with van der Waals surface area (Å²) in [5.74, 6) is -6.05. The van der Waals surface area contributed by atoms with Crippen molar-refractivity contribution in [3.8, 4) is 0 Å². The van der Waals surface area contributed by atoms with Crippen molar-refractivity contribution in [1.82, 2.24) is 0 Å². The molecule has 0 radical (unpaired) electrons. The van der Waals surface area contributed by atoms with Crippen molar-refractivity contribution < 1.29 is 79.6 Å². The minimum Gasteiger partial charge on any atom is -0.471 e. The van der Waals surface area contributed by atoms with Gasteiger partial charge in [-0.25, -0.2) is 4.79 Å². The van der Waals surface area contributed by atoms with E-state index in [-0.39, 0.29) is 23.5 Å². The van der Waals surface area contributed by atoms with Gasteiger partial charge in [-0.15, -0.1) is 0 Å². The third-order valence-corrected chi connectivity index (χ3v) is 9.07. The molecule has 9 atom stereocenters. The standard InChI is InChI=1S/C31H38O17S/c1-15-6-8-20(9-7-15)49(38,39)43-13-23(36)25-21-10-11-40-29(37)22(21)12-42-30(25)48-31-28(46-19(5)35)27(45-18(4)34)26(44-17(3)33)24(47-31)14-41-16(2)32/h6-9,12,21,23-28,30-31,36H,10-11,13-14H2,1-5H3/t21-,23-,24-,25+,26-,27+,28-,30+,31+/m1/s1. The first-order valence-corrected chi connectivity index (χ1v) is 16.6. The van der Waals surface area contributed by atoms with Crippen LogP contribution in [0.15, 0.2) is 41.0 Å². The lowest BCUT2D eigenvalue weighted by molar-refractivity contribution is -0.348. The monoisotopic (exact) mass is 714 g/mol. The van der Waals surface area contributed by atoms with Crippen molar-refractivity contribution >= 4 is 40.0 Å². The number of carbonyl (C=O) groups excluding carboxylic acids is 5. The minimum absolute atomic E-state index is 0.0399. The molecule has 4 rings (SSSR count). The SMILES string of the molecule is CC(=O)OC[C@H]1O[C@@H](O[C@@H]2OC=C3C(=O)OCC[C@H]3[C@H]2[C@H](O)COS(=O)(=O)c2ccc(C)cc2)[C@H](OC(C)=O)[C@@H](OC(C)=O)[C@@H]1OC(C)=O. The van der Waals surface area contributed by atoms with E-state index in [0.29, 0.717) is 0 Å². The van der Waals surface area contributed by atoms with Gasteiger partial charge in [-0.05, 0) is 25.5 Å². The Bertz CT molecular complexity index is 1540. The molecule has 0 aliphatic carbocycles. The van der Waals surface area contributed by atoms with Crippen molar-refractivity contribution in [3.63, 3.8) is 0 Å². The van der Waals surface area contributed by atoms with E-state index in [9.17, 15) is 37.5 Å². The average Bonchev–Trinajstić information content (AvgIpc) is 3.01. The van der Waals surface area contributed by atoms with Crippen molar-refractivity contribution in [3.05, 3.63) is 41.7 Å². The number of aliphatic hydroxyl groups excluding tert-OH is 1. The summed E-state index contributed by atoms with van der Waals surface area (Å²) in [4.78, 5) is 60.7. The van der Waals surface area contributed by atoms with Crippen LogP contribution in [0.5, 0.6) is 0 Å². The van der Waals surface area contributed by atoms with Crippen molar-refractivity contribution in [2.24, 2.45) is 11.8 Å². The van der Waals surface area contributed by atoms with Crippen LogP contribution < -0.4 is 0 Å². The molecular weight excluding hydrogens is 676 g/mol. The first kappa shape index (κ1) is 37.7. The van der Waals surface area contributed by atoms with Gasteiger partial charge in [0.25, 0.3) is 10.1 Å². The van der Waals surface area contributed by atoms with E-state index in [0.717, 1.165) is 39.5 Å². The Morgan fingerprint density at radius 3 is 2.12 bits per heavy atom. The predicted molar refractivity (Wildman–Crippen MR) is 159 cm³/mol. The van der Waals surface area contributed by atoms with E-state index < -0.39 is 108 Å². The van der Waals surface area contributed by atoms with E-state index in [1.165, 1.54) is 12.1 Å². The number of benzene rings is 1. The van der Waals surface area contributed by atoms with Gasteiger partial charge in [0, 0.05) is 33.6 Å². The van der Waals surface area contributed by atoms with Gasteiger partial charge < -0.3 is 43.0 Å². The highest BCUT2D eigenvalue weighted by Gasteiger charge is 2.55. The van der Waals surface area contributed by atoms with Crippen molar-refractivity contribution in [2.75, 3.05) is 19.8 Å². The van der Waals surface area contributed by atoms with Crippen molar-refractivity contribution in [1.29, 1.82) is 0 Å². The minimum atomic E-state index is -4.33. The average molecular weight is 715 g/mol. The number of hydrogen-bond donors (Lipinski definition) is 1. The van der Waals surface area contributed by atoms with Crippen LogP contribution in [0, 0.1) is 18.8 Å². The highest BCUT2D eigenvalue weighted by Crippen LogP contribution is 2.41. The fourth-order valence-electron chi connectivity index (χ4n) is 5.67. The maximum absolute atomic E-state index is 12.9. The smallest absolute Gasteiger partial charge is 0.337 e. The highest BCUT2D eigenvalue weighted by molar-refractivity contribution is 7.86. The largest absolute Gasteiger partial charge is 0.471 e. The van der Waals surface area contributed by atoms with Crippen LogP contribution >= 0.6 is 0 Å². The lowest BCUT2D eigenvalue weighted by Gasteiger charge is -2.47. The van der Waals surface area contributed by atoms with Crippen LogP contribution in [0.3, 0.4) is 0 Å². The van der Waals surface area contributed by atoms with Crippen LogP contribution in [0.4, 0.5) is 0 Å². The fraction of sp³-hybridized carbons (Fsp3) is 0.581. The van der Waals surface area contributed by atoms with Gasteiger partial charge >= 0.3 is 29.8 Å². The number of rotatable bonds is 12. The Morgan fingerprint density at radius 1 is 0.898 bits per heavy atom. The molecule has 49 heavy (non-hydrogen) atoms. The van der Waals surface area contributed by atoms with Gasteiger partial charge in [0.1, 0.15) is 12.7 Å². The maximum atomic E-state index is 12.9. The van der Waals surface area contributed by atoms with Gasteiger partial charge in [0.2, 0.25) is 12.6 Å². The molecule has 0 aromatic heterocycles. The molecule has 1 N–H and O–H groups in total. The van der Waals surface area contributed by atoms with E-state index >= 15 is 0 Å². The number of ether oxygens (including phenoxy) is 8. The van der Waals surface area contributed by atoms with E-state index in [2.05, 4.69) is 0 Å². The van der Waals surface area contributed by atoms with E-state index in [1.807, 2.05) is 0 Å². The van der Waals surface area contributed by atoms with E-state index in [1.54, 1.807) is 19.1 Å². The summed E-state index contributed by atoms with van der Waals surface area (Å²) in [7, 11) is -4.33. The Hall–Kier alpha value is -4.10. The summed E-state index contributed by atoms with van der Waals surface area (Å²) in [6.45, 7) is 4.70. The molecule has 2 fully saturated rings. The number of aliphatic hydroxyl groups is 1. The Labute approximate surface area is 281 Å². The summed E-state index contributed by atoms with van der Waals surface area (Å²) in [6.07, 6.45) is -9.66. The van der Waals surface area contributed by atoms with Crippen LogP contribution in [-0.4, -0.2) is 106 Å². The molecule has 17 nitrogen and oxygen atoms in total. The molecule has 0 amide bonds. The molecule has 2 saturated heterocycles. The molecule has 1 aromatic rings. The topological polar surface area (TPSA) is 223 Å². The Kier molecular flexibility index (Phi) is 12.4. The summed E-state index contributed by atoms with van der Waals surface area (Å²) in [6, 6.07) is 5.83. The Balaban J connectivity index is 1.68. The van der Waals surface area contributed by atoms with Crippen LogP contribution in [0.25, 0.3) is 0 Å². The Morgan fingerprint density at radius 2 is 1.51 bits per heavy atom. The van der Waals surface area contributed by atoms with Gasteiger partial charge in [-0.3, -0.25) is 23.4 Å². The van der Waals surface area contributed by atoms with Crippen LogP contribution in [0.1, 0.15) is 39.7 Å². The van der Waals surface area contributed by atoms with Crippen molar-refractivity contribution in [2.45, 2.75) is 89.0 Å². The number of aryl methyl sites for hydroxylation is 1. The quantitative estimate of drug-likeness (QED) is 0.178. The third-order valence-electron chi connectivity index (χ3n) is 7.77. The highest BCUT2D eigenvalue weighted by atomic mass is 32.2. The van der Waals surface area contributed by atoms with Gasteiger partial charge in [0.05, 0.1) is 42.0 Å². The summed E-state index contributed by atoms with van der Waals surface area (Å²) in [5, 5.41) is 11.4. The predicted octanol–water partition coefficient (Wildman–Crippen LogP) is 0.580. The second-order valence-electron chi connectivity index (χ2n) is 11.5. The first-order valence-electron chi connectivity index (χ1n) is 15.2. The summed E-state index contributed by atoms with van der Waals surface area (Å²) < 4.78 is 75.3. The number of hydrogen-bond acceptors (Lipinski definition) is 17. The zero-order chi connectivity index (χ0) is 36.0. The first-order chi connectivity index (χ1) is 23.1. The zero-order valence-electron chi connectivity index (χ0n) is 27.3. The summed E-state index contributed by atoms with van der Waals surface area (Å²) in [5.41, 5.74) is 0.849. The van der Waals surface area contributed by atoms with Gasteiger partial charge in [-0.1, -0.05) is 17.7 Å². The second-order valence-corrected chi connectivity index (χ2v) is 13.1. The third kappa shape index (κ3) is 9.54. The molecule has 3 heterocycles. The molecule has 0 bridgehead atoms. The lowest BCUT2D eigenvalue weighted by Crippen LogP contribution is -2.64. The summed E-state index contributed by atoms with van der Waals surface area (Å²) >= 11 is 0. The van der Waals surface area contributed by atoms with Gasteiger partial charge in [0.15, 0.2) is 18.3 Å².